The fourth-order valence-electron chi connectivity index (χ4n) is 3.05. The number of fused-ring (bicyclic) bond motifs is 1. The van der Waals surface area contributed by atoms with Crippen molar-refractivity contribution in [3.8, 4) is 0 Å². The summed E-state index contributed by atoms with van der Waals surface area (Å²) in [7, 11) is 1.83. The minimum absolute atomic E-state index is 0.0528. The van der Waals surface area contributed by atoms with Gasteiger partial charge in [0.25, 0.3) is 11.8 Å². The van der Waals surface area contributed by atoms with Crippen molar-refractivity contribution < 1.29 is 13.6 Å². The van der Waals surface area contributed by atoms with Gasteiger partial charge in [0, 0.05) is 31.2 Å². The Morgan fingerprint density at radius 2 is 2.00 bits per heavy atom. The van der Waals surface area contributed by atoms with Crippen molar-refractivity contribution in [2.24, 2.45) is 7.05 Å². The van der Waals surface area contributed by atoms with Gasteiger partial charge in [0.05, 0.1) is 13.1 Å². The monoisotopic (exact) mass is 283 g/mol. The summed E-state index contributed by atoms with van der Waals surface area (Å²) in [5, 5.41) is 3.33. The zero-order valence-corrected chi connectivity index (χ0v) is 12.0. The fourth-order valence-corrected chi connectivity index (χ4v) is 3.05. The number of carbonyl (C=O) groups is 1. The molecule has 0 radical (unpaired) electrons. The van der Waals surface area contributed by atoms with E-state index in [-0.39, 0.29) is 11.3 Å². The van der Waals surface area contributed by atoms with Gasteiger partial charge in [0.2, 0.25) is 0 Å². The molecule has 0 spiro atoms. The molecule has 2 aliphatic rings. The molecule has 1 aromatic rings. The third-order valence-electron chi connectivity index (χ3n) is 4.30. The van der Waals surface area contributed by atoms with E-state index in [1.807, 2.05) is 17.7 Å². The number of halogens is 2. The largest absolute Gasteiger partial charge is 0.342 e. The van der Waals surface area contributed by atoms with Crippen molar-refractivity contribution in [2.75, 3.05) is 19.6 Å². The zero-order chi connectivity index (χ0) is 14.7. The maximum Gasteiger partial charge on any atom is 0.282 e. The van der Waals surface area contributed by atoms with Gasteiger partial charge in [-0.15, -0.1) is 0 Å². The van der Waals surface area contributed by atoms with Crippen molar-refractivity contribution in [2.45, 2.75) is 31.7 Å². The average molecular weight is 283 g/mol. The minimum atomic E-state index is -2.72. The summed E-state index contributed by atoms with van der Waals surface area (Å²) in [6, 6.07) is 1.87. The minimum Gasteiger partial charge on any atom is -0.342 e. The van der Waals surface area contributed by atoms with Crippen LogP contribution in [-0.4, -0.2) is 40.9 Å². The number of nitrogens with one attached hydrogen (secondary N) is 1. The predicted octanol–water partition coefficient (Wildman–Crippen LogP) is 1.50. The molecule has 20 heavy (non-hydrogen) atoms. The number of nitrogens with zero attached hydrogens (tertiary/aromatic N) is 2. The molecule has 0 bridgehead atoms. The number of rotatable bonds is 1. The van der Waals surface area contributed by atoms with E-state index in [9.17, 15) is 13.6 Å². The normalized spacial score (nSPS) is 23.1. The van der Waals surface area contributed by atoms with Gasteiger partial charge in [-0.25, -0.2) is 8.78 Å². The average Bonchev–Trinajstić information content (AvgIpc) is 2.64. The Morgan fingerprint density at radius 3 is 2.55 bits per heavy atom. The lowest BCUT2D eigenvalue weighted by Gasteiger charge is -2.38. The summed E-state index contributed by atoms with van der Waals surface area (Å²) in [6.07, 6.45) is 0. The summed E-state index contributed by atoms with van der Waals surface area (Å²) in [5.74, 6) is -3.02. The molecule has 1 N–H and O–H groups in total. The molecular weight excluding hydrogens is 264 g/mol. The van der Waals surface area contributed by atoms with Gasteiger partial charge in [-0.3, -0.25) is 4.79 Å². The highest BCUT2D eigenvalue weighted by molar-refractivity contribution is 5.94. The van der Waals surface area contributed by atoms with Gasteiger partial charge in [-0.05, 0) is 11.6 Å². The van der Waals surface area contributed by atoms with Gasteiger partial charge < -0.3 is 14.8 Å². The number of carbonyl (C=O) groups excluding carboxylic acids is 1. The van der Waals surface area contributed by atoms with Crippen molar-refractivity contribution in [1.29, 1.82) is 0 Å². The third-order valence-corrected chi connectivity index (χ3v) is 4.30. The first-order valence-corrected chi connectivity index (χ1v) is 6.78. The lowest BCUT2D eigenvalue weighted by atomic mass is 9.82. The molecule has 0 saturated carbocycles. The lowest BCUT2D eigenvalue weighted by molar-refractivity contribution is -0.113. The van der Waals surface area contributed by atoms with Crippen molar-refractivity contribution in [1.82, 2.24) is 14.8 Å². The Labute approximate surface area is 116 Å². The van der Waals surface area contributed by atoms with E-state index in [4.69, 9.17) is 0 Å². The summed E-state index contributed by atoms with van der Waals surface area (Å²) in [4.78, 5) is 13.5. The van der Waals surface area contributed by atoms with Crippen molar-refractivity contribution >= 4 is 5.91 Å². The molecule has 110 valence electrons. The van der Waals surface area contributed by atoms with Gasteiger partial charge in [0.15, 0.2) is 0 Å². The number of aromatic nitrogens is 1. The highest BCUT2D eigenvalue weighted by Gasteiger charge is 2.47. The van der Waals surface area contributed by atoms with Crippen LogP contribution >= 0.6 is 0 Å². The van der Waals surface area contributed by atoms with E-state index < -0.39 is 19.0 Å². The van der Waals surface area contributed by atoms with Crippen LogP contribution in [-0.2, 0) is 19.0 Å². The fraction of sp³-hybridized carbons (Fsp3) is 0.643. The Morgan fingerprint density at radius 1 is 1.35 bits per heavy atom. The summed E-state index contributed by atoms with van der Waals surface area (Å²) >= 11 is 0. The molecule has 6 heteroatoms. The lowest BCUT2D eigenvalue weighted by Crippen LogP contribution is -2.58. The third kappa shape index (κ3) is 1.93. The number of likely N-dealkylation sites (tertiary alicyclic amines) is 1. The van der Waals surface area contributed by atoms with Gasteiger partial charge in [-0.2, -0.15) is 0 Å². The smallest absolute Gasteiger partial charge is 0.282 e. The number of alkyl halides is 2. The second-order valence-electron chi connectivity index (χ2n) is 6.45. The van der Waals surface area contributed by atoms with Crippen LogP contribution in [0.25, 0.3) is 0 Å². The number of amides is 1. The Kier molecular flexibility index (Phi) is 2.73. The molecule has 3 heterocycles. The first kappa shape index (κ1) is 13.5. The molecule has 2 aliphatic heterocycles. The summed E-state index contributed by atoms with van der Waals surface area (Å²) in [5.41, 5.74) is 2.65. The predicted molar refractivity (Wildman–Crippen MR) is 71.0 cm³/mol. The number of hydrogen-bond acceptors (Lipinski definition) is 2. The summed E-state index contributed by atoms with van der Waals surface area (Å²) < 4.78 is 27.6. The van der Waals surface area contributed by atoms with Crippen LogP contribution in [0.4, 0.5) is 8.78 Å². The molecule has 3 rings (SSSR count). The van der Waals surface area contributed by atoms with Gasteiger partial charge in [0.1, 0.15) is 5.69 Å². The van der Waals surface area contributed by atoms with Gasteiger partial charge >= 0.3 is 0 Å². The summed E-state index contributed by atoms with van der Waals surface area (Å²) in [6.45, 7) is 4.85. The molecule has 0 aromatic carbocycles. The van der Waals surface area contributed by atoms with Crippen LogP contribution in [0.15, 0.2) is 6.07 Å². The number of hydrogen-bond donors (Lipinski definition) is 1. The first-order valence-electron chi connectivity index (χ1n) is 6.78. The molecule has 4 nitrogen and oxygen atoms in total. The van der Waals surface area contributed by atoms with E-state index in [0.717, 1.165) is 17.8 Å². The molecular formula is C14H19F2N3O. The highest BCUT2D eigenvalue weighted by Crippen LogP contribution is 2.34. The second kappa shape index (κ2) is 4.04. The van der Waals surface area contributed by atoms with Crippen LogP contribution in [0, 0.1) is 0 Å². The van der Waals surface area contributed by atoms with Crippen LogP contribution < -0.4 is 5.32 Å². The van der Waals surface area contributed by atoms with Crippen LogP contribution in [0.1, 0.15) is 35.6 Å². The van der Waals surface area contributed by atoms with E-state index in [2.05, 4.69) is 19.2 Å². The maximum absolute atomic E-state index is 12.9. The van der Waals surface area contributed by atoms with Crippen LogP contribution in [0.3, 0.4) is 0 Å². The topological polar surface area (TPSA) is 37.3 Å². The molecule has 1 amide bonds. The highest BCUT2D eigenvalue weighted by atomic mass is 19.3. The van der Waals surface area contributed by atoms with Gasteiger partial charge in [-0.1, -0.05) is 13.8 Å². The Hall–Kier alpha value is -1.43. The molecule has 1 aromatic heterocycles. The molecule has 0 aliphatic carbocycles. The van der Waals surface area contributed by atoms with E-state index >= 15 is 0 Å². The first-order chi connectivity index (χ1) is 9.21. The van der Waals surface area contributed by atoms with Crippen LogP contribution in [0.2, 0.25) is 0 Å². The standard InChI is InChI=1S/C14H19F2N3O/c1-13(2)6-17-5-11-9(13)4-10(18(11)3)12(20)19-7-14(15,16)8-19/h4,17H,5-8H2,1-3H3. The Balaban J connectivity index is 1.92. The SMILES string of the molecule is Cn1c(C(=O)N2CC(F)(F)C2)cc2c1CNCC2(C)C. The van der Waals surface area contributed by atoms with E-state index in [1.54, 1.807) is 0 Å². The van der Waals surface area contributed by atoms with E-state index in [0.29, 0.717) is 12.2 Å². The van der Waals surface area contributed by atoms with E-state index in [1.165, 1.54) is 4.90 Å². The van der Waals surface area contributed by atoms with Crippen molar-refractivity contribution in [3.63, 3.8) is 0 Å². The molecule has 0 atom stereocenters. The van der Waals surface area contributed by atoms with Crippen molar-refractivity contribution in [3.05, 3.63) is 23.0 Å². The maximum atomic E-state index is 12.9. The second-order valence-corrected chi connectivity index (χ2v) is 6.45. The van der Waals surface area contributed by atoms with Crippen LogP contribution in [0.5, 0.6) is 0 Å². The zero-order valence-electron chi connectivity index (χ0n) is 12.0. The molecule has 0 unspecified atom stereocenters. The molecule has 1 saturated heterocycles. The molecule has 1 fully saturated rings. The quantitative estimate of drug-likeness (QED) is 0.848. The Bertz CT molecular complexity index is 569.